The maximum Gasteiger partial charge on any atom is 0.133 e. The minimum absolute atomic E-state index is 0.496. The summed E-state index contributed by atoms with van der Waals surface area (Å²) in [5.74, 6) is 1.78. The number of ketones is 1. The molecule has 0 aromatic rings. The van der Waals surface area contributed by atoms with Crippen LogP contribution in [0, 0.1) is 11.8 Å². The van der Waals surface area contributed by atoms with Crippen LogP contribution in [0.1, 0.15) is 52.4 Å². The van der Waals surface area contributed by atoms with Crippen molar-refractivity contribution in [2.45, 2.75) is 52.4 Å². The second kappa shape index (κ2) is 7.00. The van der Waals surface area contributed by atoms with Gasteiger partial charge < -0.3 is 5.32 Å². The van der Waals surface area contributed by atoms with Gasteiger partial charge in [0.1, 0.15) is 5.78 Å². The van der Waals surface area contributed by atoms with Crippen molar-refractivity contribution in [3.63, 3.8) is 0 Å². The van der Waals surface area contributed by atoms with Gasteiger partial charge in [-0.3, -0.25) is 4.79 Å². The summed E-state index contributed by atoms with van der Waals surface area (Å²) in [6, 6.07) is 0. The van der Waals surface area contributed by atoms with E-state index in [2.05, 4.69) is 19.2 Å². The van der Waals surface area contributed by atoms with Gasteiger partial charge in [0.15, 0.2) is 0 Å². The van der Waals surface area contributed by atoms with Gasteiger partial charge in [-0.25, -0.2) is 0 Å². The molecule has 2 nitrogen and oxygen atoms in total. The highest BCUT2D eigenvalue weighted by Crippen LogP contribution is 2.20. The number of Topliss-reactive ketones (excluding diaryl/α,β-unsaturated/α-hetero) is 1. The normalized spacial score (nSPS) is 18.3. The first kappa shape index (κ1) is 12.7. The summed E-state index contributed by atoms with van der Waals surface area (Å²) < 4.78 is 0. The van der Waals surface area contributed by atoms with Gasteiger partial charge in [-0.1, -0.05) is 26.7 Å². The molecule has 1 rings (SSSR count). The van der Waals surface area contributed by atoms with Crippen LogP contribution in [0.15, 0.2) is 0 Å². The van der Waals surface area contributed by atoms with Crippen molar-refractivity contribution in [3.8, 4) is 0 Å². The van der Waals surface area contributed by atoms with E-state index < -0.39 is 0 Å². The van der Waals surface area contributed by atoms with Crippen molar-refractivity contribution in [2.24, 2.45) is 11.8 Å². The molecule has 0 aliphatic carbocycles. The third kappa shape index (κ3) is 4.78. The van der Waals surface area contributed by atoms with Crippen molar-refractivity contribution >= 4 is 5.78 Å². The fourth-order valence-corrected chi connectivity index (χ4v) is 2.39. The highest BCUT2D eigenvalue weighted by molar-refractivity contribution is 5.78. The molecule has 1 heterocycles. The molecule has 0 aromatic heterocycles. The summed E-state index contributed by atoms with van der Waals surface area (Å²) in [7, 11) is 0. The van der Waals surface area contributed by atoms with E-state index in [1.54, 1.807) is 0 Å². The second-order valence-corrected chi connectivity index (χ2v) is 4.82. The summed E-state index contributed by atoms with van der Waals surface area (Å²) in [6.45, 7) is 6.57. The molecule has 0 atom stereocenters. The first-order valence-corrected chi connectivity index (χ1v) is 6.48. The summed E-state index contributed by atoms with van der Waals surface area (Å²) in [5, 5.41) is 3.34. The van der Waals surface area contributed by atoms with Crippen LogP contribution in [0.4, 0.5) is 0 Å². The van der Waals surface area contributed by atoms with Crippen molar-refractivity contribution in [3.05, 3.63) is 0 Å². The molecule has 0 amide bonds. The largest absolute Gasteiger partial charge is 0.317 e. The van der Waals surface area contributed by atoms with Crippen LogP contribution < -0.4 is 5.32 Å². The van der Waals surface area contributed by atoms with Gasteiger partial charge in [0.2, 0.25) is 0 Å². The molecule has 1 aliphatic heterocycles. The molecule has 1 aliphatic rings. The maximum atomic E-state index is 11.8. The summed E-state index contributed by atoms with van der Waals surface area (Å²) in [5.41, 5.74) is 0. The van der Waals surface area contributed by atoms with Crippen LogP contribution in [0.25, 0.3) is 0 Å². The SMILES string of the molecule is CCC(CC)CC(=O)CC1CCNCC1. The maximum absolute atomic E-state index is 11.8. The molecule has 0 radical (unpaired) electrons. The third-order valence-corrected chi connectivity index (χ3v) is 3.65. The summed E-state index contributed by atoms with van der Waals surface area (Å²) in [6.07, 6.45) is 6.32. The van der Waals surface area contributed by atoms with Crippen LogP contribution in [-0.4, -0.2) is 18.9 Å². The van der Waals surface area contributed by atoms with E-state index in [0.717, 1.165) is 38.8 Å². The molecule has 1 saturated heterocycles. The zero-order valence-corrected chi connectivity index (χ0v) is 10.2. The Morgan fingerprint density at radius 1 is 1.27 bits per heavy atom. The topological polar surface area (TPSA) is 29.1 Å². The van der Waals surface area contributed by atoms with E-state index in [1.165, 1.54) is 12.8 Å². The zero-order chi connectivity index (χ0) is 11.1. The molecule has 0 spiro atoms. The lowest BCUT2D eigenvalue weighted by Gasteiger charge is -2.22. The van der Waals surface area contributed by atoms with Crippen LogP contribution in [0.2, 0.25) is 0 Å². The van der Waals surface area contributed by atoms with Crippen molar-refractivity contribution in [1.29, 1.82) is 0 Å². The Hall–Kier alpha value is -0.370. The molecule has 15 heavy (non-hydrogen) atoms. The number of rotatable bonds is 6. The van der Waals surface area contributed by atoms with Crippen molar-refractivity contribution < 1.29 is 4.79 Å². The van der Waals surface area contributed by atoms with Crippen LogP contribution in [0.3, 0.4) is 0 Å². The van der Waals surface area contributed by atoms with Crippen LogP contribution >= 0.6 is 0 Å². The van der Waals surface area contributed by atoms with E-state index in [9.17, 15) is 4.79 Å². The molecule has 88 valence electrons. The number of nitrogens with one attached hydrogen (secondary N) is 1. The molecular formula is C13H25NO. The lowest BCUT2D eigenvalue weighted by atomic mass is 9.88. The van der Waals surface area contributed by atoms with Gasteiger partial charge in [-0.05, 0) is 37.8 Å². The Bertz CT molecular complexity index is 181. The Balaban J connectivity index is 2.21. The average molecular weight is 211 g/mol. The molecule has 0 aromatic carbocycles. The smallest absolute Gasteiger partial charge is 0.133 e. The minimum Gasteiger partial charge on any atom is -0.317 e. The predicted molar refractivity (Wildman–Crippen MR) is 63.9 cm³/mol. The molecule has 2 heteroatoms. The molecule has 1 N–H and O–H groups in total. The highest BCUT2D eigenvalue weighted by Gasteiger charge is 2.18. The monoisotopic (exact) mass is 211 g/mol. The zero-order valence-electron chi connectivity index (χ0n) is 10.2. The van der Waals surface area contributed by atoms with Gasteiger partial charge >= 0.3 is 0 Å². The fourth-order valence-electron chi connectivity index (χ4n) is 2.39. The number of carbonyl (C=O) groups excluding carboxylic acids is 1. The number of hydrogen-bond acceptors (Lipinski definition) is 2. The summed E-state index contributed by atoms with van der Waals surface area (Å²) in [4.78, 5) is 11.8. The molecule has 1 fully saturated rings. The van der Waals surface area contributed by atoms with E-state index >= 15 is 0 Å². The van der Waals surface area contributed by atoms with Crippen LogP contribution in [0.5, 0.6) is 0 Å². The predicted octanol–water partition coefficient (Wildman–Crippen LogP) is 2.77. The van der Waals surface area contributed by atoms with E-state index in [1.807, 2.05) is 0 Å². The molecule has 0 bridgehead atoms. The van der Waals surface area contributed by atoms with E-state index in [-0.39, 0.29) is 0 Å². The van der Waals surface area contributed by atoms with Crippen LogP contribution in [-0.2, 0) is 4.79 Å². The number of hydrogen-bond donors (Lipinski definition) is 1. The van der Waals surface area contributed by atoms with Gasteiger partial charge in [0.25, 0.3) is 0 Å². The average Bonchev–Trinajstić information content (AvgIpc) is 2.27. The molecule has 0 saturated carbocycles. The Morgan fingerprint density at radius 2 is 1.87 bits per heavy atom. The van der Waals surface area contributed by atoms with Gasteiger partial charge in [-0.2, -0.15) is 0 Å². The number of piperidine rings is 1. The Morgan fingerprint density at radius 3 is 2.40 bits per heavy atom. The van der Waals surface area contributed by atoms with E-state index in [0.29, 0.717) is 17.6 Å². The first-order chi connectivity index (χ1) is 7.26. The Labute approximate surface area is 93.8 Å². The quantitative estimate of drug-likeness (QED) is 0.732. The third-order valence-electron chi connectivity index (χ3n) is 3.65. The van der Waals surface area contributed by atoms with Crippen molar-refractivity contribution in [1.82, 2.24) is 5.32 Å². The van der Waals surface area contributed by atoms with Gasteiger partial charge in [0, 0.05) is 12.8 Å². The van der Waals surface area contributed by atoms with Gasteiger partial charge in [0.05, 0.1) is 0 Å². The van der Waals surface area contributed by atoms with E-state index in [4.69, 9.17) is 0 Å². The first-order valence-electron chi connectivity index (χ1n) is 6.48. The number of carbonyl (C=O) groups is 1. The summed E-state index contributed by atoms with van der Waals surface area (Å²) >= 11 is 0. The van der Waals surface area contributed by atoms with Crippen molar-refractivity contribution in [2.75, 3.05) is 13.1 Å². The second-order valence-electron chi connectivity index (χ2n) is 4.82. The fraction of sp³-hybridized carbons (Fsp3) is 0.923. The minimum atomic E-state index is 0.496. The lowest BCUT2D eigenvalue weighted by Crippen LogP contribution is -2.29. The Kier molecular flexibility index (Phi) is 5.92. The molecular weight excluding hydrogens is 186 g/mol. The van der Waals surface area contributed by atoms with Gasteiger partial charge in [-0.15, -0.1) is 0 Å². The standard InChI is InChI=1S/C13H25NO/c1-3-11(4-2)9-13(15)10-12-5-7-14-8-6-12/h11-12,14H,3-10H2,1-2H3. The lowest BCUT2D eigenvalue weighted by molar-refractivity contribution is -0.121. The molecule has 0 unspecified atom stereocenters. The highest BCUT2D eigenvalue weighted by atomic mass is 16.1.